The van der Waals surface area contributed by atoms with Crippen molar-refractivity contribution in [1.29, 1.82) is 0 Å². The van der Waals surface area contributed by atoms with Crippen LogP contribution in [0.4, 0.5) is 0 Å². The van der Waals surface area contributed by atoms with Gasteiger partial charge in [-0.2, -0.15) is 0 Å². The van der Waals surface area contributed by atoms with E-state index in [1.807, 2.05) is 0 Å². The summed E-state index contributed by atoms with van der Waals surface area (Å²) in [6.07, 6.45) is 2.57. The van der Waals surface area contributed by atoms with Crippen LogP contribution in [0.3, 0.4) is 0 Å². The zero-order valence-electron chi connectivity index (χ0n) is 5.72. The van der Waals surface area contributed by atoms with Gasteiger partial charge in [0.15, 0.2) is 0 Å². The predicted molar refractivity (Wildman–Crippen MR) is 35.5 cm³/mol. The van der Waals surface area contributed by atoms with Crippen LogP contribution >= 0.6 is 0 Å². The molecule has 0 bridgehead atoms. The SMILES string of the molecule is C[C@@H]1C[C@H](C)[C@@H](N)C1. The third-order valence-electron chi connectivity index (χ3n) is 2.18. The molecule has 0 saturated heterocycles. The number of rotatable bonds is 0. The lowest BCUT2D eigenvalue weighted by Gasteiger charge is -2.05. The minimum atomic E-state index is 0.491. The molecule has 1 heteroatoms. The van der Waals surface area contributed by atoms with E-state index in [1.165, 1.54) is 12.8 Å². The van der Waals surface area contributed by atoms with Gasteiger partial charge in [-0.25, -0.2) is 0 Å². The van der Waals surface area contributed by atoms with E-state index in [9.17, 15) is 0 Å². The minimum Gasteiger partial charge on any atom is -0.327 e. The van der Waals surface area contributed by atoms with Gasteiger partial charge in [-0.3, -0.25) is 0 Å². The van der Waals surface area contributed by atoms with Gasteiger partial charge in [0.1, 0.15) is 0 Å². The van der Waals surface area contributed by atoms with Crippen LogP contribution in [0, 0.1) is 11.8 Å². The van der Waals surface area contributed by atoms with Crippen molar-refractivity contribution in [2.24, 2.45) is 17.6 Å². The Morgan fingerprint density at radius 2 is 1.88 bits per heavy atom. The van der Waals surface area contributed by atoms with E-state index in [0.717, 1.165) is 11.8 Å². The molecule has 48 valence electrons. The summed E-state index contributed by atoms with van der Waals surface area (Å²) in [6, 6.07) is 0.491. The first-order valence-electron chi connectivity index (χ1n) is 3.45. The molecular formula is C7H15N. The van der Waals surface area contributed by atoms with E-state index in [4.69, 9.17) is 5.73 Å². The second-order valence-electron chi connectivity index (χ2n) is 3.22. The first kappa shape index (κ1) is 6.09. The van der Waals surface area contributed by atoms with E-state index in [2.05, 4.69) is 13.8 Å². The van der Waals surface area contributed by atoms with Crippen LogP contribution in [0.25, 0.3) is 0 Å². The highest BCUT2D eigenvalue weighted by molar-refractivity contribution is 4.80. The third kappa shape index (κ3) is 1.03. The molecule has 3 atom stereocenters. The average molecular weight is 113 g/mol. The third-order valence-corrected chi connectivity index (χ3v) is 2.18. The fourth-order valence-electron chi connectivity index (χ4n) is 1.60. The molecule has 1 aliphatic rings. The van der Waals surface area contributed by atoms with E-state index in [-0.39, 0.29) is 0 Å². The largest absolute Gasteiger partial charge is 0.327 e. The zero-order chi connectivity index (χ0) is 6.15. The average Bonchev–Trinajstić information content (AvgIpc) is 1.85. The van der Waals surface area contributed by atoms with Gasteiger partial charge in [0.05, 0.1) is 0 Å². The normalized spacial score (nSPS) is 47.6. The highest BCUT2D eigenvalue weighted by atomic mass is 14.7. The summed E-state index contributed by atoms with van der Waals surface area (Å²) in [7, 11) is 0. The second-order valence-corrected chi connectivity index (χ2v) is 3.22. The van der Waals surface area contributed by atoms with Crippen molar-refractivity contribution in [3.8, 4) is 0 Å². The lowest BCUT2D eigenvalue weighted by atomic mass is 10.1. The van der Waals surface area contributed by atoms with Gasteiger partial charge >= 0.3 is 0 Å². The van der Waals surface area contributed by atoms with Crippen LogP contribution in [-0.4, -0.2) is 6.04 Å². The summed E-state index contributed by atoms with van der Waals surface area (Å²) in [5, 5.41) is 0. The quantitative estimate of drug-likeness (QED) is 0.504. The Morgan fingerprint density at radius 1 is 1.25 bits per heavy atom. The van der Waals surface area contributed by atoms with Crippen molar-refractivity contribution in [2.75, 3.05) is 0 Å². The van der Waals surface area contributed by atoms with Gasteiger partial charge in [-0.15, -0.1) is 0 Å². The molecule has 1 rings (SSSR count). The van der Waals surface area contributed by atoms with Crippen molar-refractivity contribution in [3.05, 3.63) is 0 Å². The molecule has 0 spiro atoms. The maximum Gasteiger partial charge on any atom is 0.00671 e. The molecule has 1 saturated carbocycles. The maximum atomic E-state index is 5.77. The fourth-order valence-corrected chi connectivity index (χ4v) is 1.60. The molecule has 0 amide bonds. The second kappa shape index (κ2) is 2.06. The number of hydrogen-bond acceptors (Lipinski definition) is 1. The van der Waals surface area contributed by atoms with Gasteiger partial charge < -0.3 is 5.73 Å². The Morgan fingerprint density at radius 3 is 2.00 bits per heavy atom. The molecule has 0 aliphatic heterocycles. The molecule has 1 fully saturated rings. The van der Waals surface area contributed by atoms with Gasteiger partial charge in [-0.05, 0) is 24.7 Å². The molecule has 0 aromatic carbocycles. The van der Waals surface area contributed by atoms with E-state index in [0.29, 0.717) is 6.04 Å². The number of hydrogen-bond donors (Lipinski definition) is 1. The van der Waals surface area contributed by atoms with E-state index < -0.39 is 0 Å². The van der Waals surface area contributed by atoms with Crippen LogP contribution in [0.2, 0.25) is 0 Å². The number of nitrogens with two attached hydrogens (primary N) is 1. The van der Waals surface area contributed by atoms with Crippen molar-refractivity contribution < 1.29 is 0 Å². The van der Waals surface area contributed by atoms with Crippen molar-refractivity contribution >= 4 is 0 Å². The Hall–Kier alpha value is -0.0400. The molecule has 0 unspecified atom stereocenters. The minimum absolute atomic E-state index is 0.491. The van der Waals surface area contributed by atoms with E-state index >= 15 is 0 Å². The first-order valence-corrected chi connectivity index (χ1v) is 3.45. The van der Waals surface area contributed by atoms with Crippen LogP contribution in [0.15, 0.2) is 0 Å². The Balaban J connectivity index is 2.39. The summed E-state index contributed by atoms with van der Waals surface area (Å²) in [5.74, 6) is 1.64. The van der Waals surface area contributed by atoms with Gasteiger partial charge in [0.2, 0.25) is 0 Å². The predicted octanol–water partition coefficient (Wildman–Crippen LogP) is 1.38. The summed E-state index contributed by atoms with van der Waals surface area (Å²) >= 11 is 0. The van der Waals surface area contributed by atoms with Crippen LogP contribution in [-0.2, 0) is 0 Å². The molecule has 1 aliphatic carbocycles. The highest BCUT2D eigenvalue weighted by Gasteiger charge is 2.24. The highest BCUT2D eigenvalue weighted by Crippen LogP contribution is 2.28. The summed E-state index contributed by atoms with van der Waals surface area (Å²) in [4.78, 5) is 0. The Kier molecular flexibility index (Phi) is 1.57. The van der Waals surface area contributed by atoms with Crippen molar-refractivity contribution in [2.45, 2.75) is 32.7 Å². The molecule has 8 heavy (non-hydrogen) atoms. The molecule has 0 heterocycles. The standard InChI is InChI=1S/C7H15N/c1-5-3-6(2)7(8)4-5/h5-7H,3-4,8H2,1-2H3/t5-,6+,7+/m1/s1. The Labute approximate surface area is 51.3 Å². The maximum absolute atomic E-state index is 5.77. The Bertz CT molecular complexity index is 70.5. The summed E-state index contributed by atoms with van der Waals surface area (Å²) < 4.78 is 0. The van der Waals surface area contributed by atoms with Crippen LogP contribution in [0.1, 0.15) is 26.7 Å². The molecule has 1 nitrogen and oxygen atoms in total. The topological polar surface area (TPSA) is 26.0 Å². The first-order chi connectivity index (χ1) is 3.70. The zero-order valence-corrected chi connectivity index (χ0v) is 5.72. The van der Waals surface area contributed by atoms with Gasteiger partial charge in [-0.1, -0.05) is 13.8 Å². The van der Waals surface area contributed by atoms with Crippen molar-refractivity contribution in [3.63, 3.8) is 0 Å². The van der Waals surface area contributed by atoms with Gasteiger partial charge in [0.25, 0.3) is 0 Å². The summed E-state index contributed by atoms with van der Waals surface area (Å²) in [5.41, 5.74) is 5.77. The fraction of sp³-hybridized carbons (Fsp3) is 1.00. The smallest absolute Gasteiger partial charge is 0.00671 e. The molecular weight excluding hydrogens is 98.1 g/mol. The molecule has 0 aromatic heterocycles. The molecule has 0 aromatic rings. The molecule has 2 N–H and O–H groups in total. The van der Waals surface area contributed by atoms with E-state index in [1.54, 1.807) is 0 Å². The summed E-state index contributed by atoms with van der Waals surface area (Å²) in [6.45, 7) is 4.53. The lowest BCUT2D eigenvalue weighted by molar-refractivity contribution is 0.522. The van der Waals surface area contributed by atoms with Crippen molar-refractivity contribution in [1.82, 2.24) is 0 Å². The monoisotopic (exact) mass is 113 g/mol. The van der Waals surface area contributed by atoms with Crippen LogP contribution in [0.5, 0.6) is 0 Å². The van der Waals surface area contributed by atoms with Crippen LogP contribution < -0.4 is 5.73 Å². The van der Waals surface area contributed by atoms with Gasteiger partial charge in [0, 0.05) is 6.04 Å². The lowest BCUT2D eigenvalue weighted by Crippen LogP contribution is -2.21. The molecule has 0 radical (unpaired) electrons.